The summed E-state index contributed by atoms with van der Waals surface area (Å²) in [5.74, 6) is 1.20. The number of allylic oxidation sites excluding steroid dienone is 1. The third kappa shape index (κ3) is 5.78. The summed E-state index contributed by atoms with van der Waals surface area (Å²) in [4.78, 5) is 12.9. The summed E-state index contributed by atoms with van der Waals surface area (Å²) in [6, 6.07) is 24.6. The van der Waals surface area contributed by atoms with Crippen LogP contribution in [0.15, 0.2) is 90.3 Å². The van der Waals surface area contributed by atoms with Gasteiger partial charge in [0.2, 0.25) is 12.0 Å². The van der Waals surface area contributed by atoms with Gasteiger partial charge >= 0.3 is 5.97 Å². The van der Waals surface area contributed by atoms with Gasteiger partial charge in [-0.15, -0.1) is 0 Å². The number of carbonyl (C=O) groups is 1. The summed E-state index contributed by atoms with van der Waals surface area (Å²) >= 11 is 12.3. The Bertz CT molecular complexity index is 1840. The smallest absolute Gasteiger partial charge is 0.356 e. The van der Waals surface area contributed by atoms with Gasteiger partial charge in [-0.25, -0.2) is 4.79 Å². The van der Waals surface area contributed by atoms with Crippen molar-refractivity contribution in [2.24, 2.45) is 5.73 Å². The standard InChI is InChI=1S/C33H24Cl2N2O7/c1-39-29-12-18(7-11-26(29)40-16-19-6-8-20(34)13-24(19)35)31-22-10-9-21(14-28(22)44-32(37)23(31)15-36)42-33(38)30-17-41-25-4-2-3-5-27(25)43-30/h2-14,30-31H,16-17,37H2,1H3. The van der Waals surface area contributed by atoms with Crippen molar-refractivity contribution in [3.63, 3.8) is 0 Å². The van der Waals surface area contributed by atoms with Crippen molar-refractivity contribution in [2.75, 3.05) is 13.7 Å². The Hall–Kier alpha value is -5.04. The number of rotatable bonds is 7. The zero-order valence-corrected chi connectivity index (χ0v) is 24.7. The molecule has 0 radical (unpaired) electrons. The van der Waals surface area contributed by atoms with Crippen molar-refractivity contribution in [2.45, 2.75) is 18.6 Å². The minimum absolute atomic E-state index is 0.00879. The maximum Gasteiger partial charge on any atom is 0.356 e. The average molecular weight is 631 g/mol. The molecule has 0 spiro atoms. The number of carbonyl (C=O) groups excluding carboxylic acids is 1. The first-order chi connectivity index (χ1) is 21.3. The van der Waals surface area contributed by atoms with Crippen LogP contribution in [0.5, 0.6) is 34.5 Å². The van der Waals surface area contributed by atoms with Crippen LogP contribution in [-0.4, -0.2) is 25.8 Å². The number of hydrogen-bond acceptors (Lipinski definition) is 9. The number of para-hydroxylation sites is 2. The summed E-state index contributed by atoms with van der Waals surface area (Å²) < 4.78 is 34.4. The fourth-order valence-corrected chi connectivity index (χ4v) is 5.40. The molecule has 4 aromatic carbocycles. The predicted molar refractivity (Wildman–Crippen MR) is 162 cm³/mol. The number of nitriles is 1. The molecule has 44 heavy (non-hydrogen) atoms. The molecule has 11 heteroatoms. The largest absolute Gasteiger partial charge is 0.493 e. The molecule has 2 atom stereocenters. The Balaban J connectivity index is 1.24. The molecule has 2 N–H and O–H groups in total. The molecule has 2 aliphatic rings. The number of fused-ring (bicyclic) bond motifs is 2. The van der Waals surface area contributed by atoms with Gasteiger partial charge in [-0.2, -0.15) is 5.26 Å². The Morgan fingerprint density at radius 3 is 2.59 bits per heavy atom. The normalized spacial score (nSPS) is 16.7. The van der Waals surface area contributed by atoms with Crippen LogP contribution < -0.4 is 34.2 Å². The van der Waals surface area contributed by atoms with Crippen LogP contribution in [0.4, 0.5) is 0 Å². The van der Waals surface area contributed by atoms with E-state index in [0.29, 0.717) is 49.9 Å². The summed E-state index contributed by atoms with van der Waals surface area (Å²) in [6.45, 7) is 0.197. The Labute approximate surface area is 262 Å². The topological polar surface area (TPSA) is 122 Å². The van der Waals surface area contributed by atoms with Crippen LogP contribution in [-0.2, 0) is 11.4 Å². The lowest BCUT2D eigenvalue weighted by molar-refractivity contribution is -0.144. The lowest BCUT2D eigenvalue weighted by Crippen LogP contribution is -2.39. The van der Waals surface area contributed by atoms with Gasteiger partial charge in [0.1, 0.15) is 36.4 Å². The third-order valence-electron chi connectivity index (χ3n) is 7.10. The third-order valence-corrected chi connectivity index (χ3v) is 7.69. The van der Waals surface area contributed by atoms with E-state index in [2.05, 4.69) is 6.07 Å². The van der Waals surface area contributed by atoms with E-state index in [1.54, 1.807) is 66.7 Å². The van der Waals surface area contributed by atoms with Crippen LogP contribution >= 0.6 is 23.2 Å². The highest BCUT2D eigenvalue weighted by molar-refractivity contribution is 6.35. The number of esters is 1. The van der Waals surface area contributed by atoms with E-state index in [1.807, 2.05) is 12.1 Å². The maximum absolute atomic E-state index is 12.9. The highest BCUT2D eigenvalue weighted by atomic mass is 35.5. The molecule has 222 valence electrons. The van der Waals surface area contributed by atoms with Gasteiger partial charge in [-0.1, -0.05) is 53.5 Å². The molecular weight excluding hydrogens is 607 g/mol. The van der Waals surface area contributed by atoms with Crippen LogP contribution in [0.2, 0.25) is 10.0 Å². The van der Waals surface area contributed by atoms with Crippen LogP contribution in [0.3, 0.4) is 0 Å². The van der Waals surface area contributed by atoms with Gasteiger partial charge in [0.25, 0.3) is 0 Å². The van der Waals surface area contributed by atoms with Crippen molar-refractivity contribution in [1.82, 2.24) is 0 Å². The predicted octanol–water partition coefficient (Wildman–Crippen LogP) is 6.54. The molecule has 6 rings (SSSR count). The van der Waals surface area contributed by atoms with Crippen LogP contribution in [0, 0.1) is 11.3 Å². The van der Waals surface area contributed by atoms with Gasteiger partial charge in [0, 0.05) is 27.2 Å². The first kappa shape index (κ1) is 29.1. The molecule has 0 aromatic heterocycles. The Morgan fingerprint density at radius 2 is 1.82 bits per heavy atom. The van der Waals surface area contributed by atoms with E-state index in [-0.39, 0.29) is 30.4 Å². The molecule has 2 unspecified atom stereocenters. The number of nitrogens with zero attached hydrogens (tertiary/aromatic N) is 1. The Morgan fingerprint density at radius 1 is 1.00 bits per heavy atom. The van der Waals surface area contributed by atoms with E-state index < -0.39 is 18.0 Å². The molecule has 0 saturated heterocycles. The van der Waals surface area contributed by atoms with Gasteiger partial charge in [-0.05, 0) is 48.0 Å². The van der Waals surface area contributed by atoms with Crippen LogP contribution in [0.25, 0.3) is 0 Å². The maximum atomic E-state index is 12.9. The van der Waals surface area contributed by atoms with E-state index in [9.17, 15) is 10.1 Å². The number of halogens is 2. The van der Waals surface area contributed by atoms with Gasteiger partial charge in [0.05, 0.1) is 13.0 Å². The zero-order valence-electron chi connectivity index (χ0n) is 23.2. The Kier molecular flexibility index (Phi) is 8.11. The van der Waals surface area contributed by atoms with E-state index in [4.69, 9.17) is 57.4 Å². The number of hydrogen-bond donors (Lipinski definition) is 1. The summed E-state index contributed by atoms with van der Waals surface area (Å²) in [5.41, 5.74) is 8.52. The number of methoxy groups -OCH3 is 1. The molecule has 4 aromatic rings. The van der Waals surface area contributed by atoms with Crippen molar-refractivity contribution in [3.05, 3.63) is 117 Å². The highest BCUT2D eigenvalue weighted by Crippen LogP contribution is 2.45. The molecule has 0 aliphatic carbocycles. The van der Waals surface area contributed by atoms with Crippen molar-refractivity contribution in [3.8, 4) is 40.6 Å². The number of benzene rings is 4. The molecule has 9 nitrogen and oxygen atoms in total. The average Bonchev–Trinajstić information content (AvgIpc) is 3.03. The van der Waals surface area contributed by atoms with Gasteiger partial charge < -0.3 is 34.2 Å². The van der Waals surface area contributed by atoms with Crippen molar-refractivity contribution in [1.29, 1.82) is 5.26 Å². The summed E-state index contributed by atoms with van der Waals surface area (Å²) in [6.07, 6.45) is -0.950. The molecule has 2 aliphatic heterocycles. The molecule has 0 bridgehead atoms. The van der Waals surface area contributed by atoms with E-state index in [1.165, 1.54) is 7.11 Å². The summed E-state index contributed by atoms with van der Waals surface area (Å²) in [7, 11) is 1.52. The monoisotopic (exact) mass is 630 g/mol. The zero-order chi connectivity index (χ0) is 30.8. The second kappa shape index (κ2) is 12.3. The fraction of sp³-hybridized carbons (Fsp3) is 0.152. The van der Waals surface area contributed by atoms with Gasteiger partial charge in [0.15, 0.2) is 23.0 Å². The lowest BCUT2D eigenvalue weighted by atomic mass is 9.83. The van der Waals surface area contributed by atoms with E-state index >= 15 is 0 Å². The van der Waals surface area contributed by atoms with Crippen LogP contribution in [0.1, 0.15) is 22.6 Å². The van der Waals surface area contributed by atoms with Crippen molar-refractivity contribution >= 4 is 29.2 Å². The SMILES string of the molecule is COc1cc(C2C(C#N)=C(N)Oc3cc(OC(=O)C4COc5ccccc5O4)ccc32)ccc1OCc1ccc(Cl)cc1Cl. The minimum Gasteiger partial charge on any atom is -0.493 e. The molecule has 0 fully saturated rings. The van der Waals surface area contributed by atoms with Crippen molar-refractivity contribution < 1.29 is 33.2 Å². The second-order valence-corrected chi connectivity index (χ2v) is 10.7. The number of ether oxygens (including phenoxy) is 6. The fourth-order valence-electron chi connectivity index (χ4n) is 4.94. The molecular formula is C33H24Cl2N2O7. The minimum atomic E-state index is -0.950. The molecule has 0 saturated carbocycles. The summed E-state index contributed by atoms with van der Waals surface area (Å²) in [5, 5.41) is 11.0. The first-order valence-electron chi connectivity index (χ1n) is 13.4. The first-order valence-corrected chi connectivity index (χ1v) is 14.2. The molecule has 0 amide bonds. The number of nitrogens with two attached hydrogens (primary N) is 1. The highest BCUT2D eigenvalue weighted by Gasteiger charge is 2.33. The second-order valence-electron chi connectivity index (χ2n) is 9.84. The van der Waals surface area contributed by atoms with E-state index in [0.717, 1.165) is 5.56 Å². The van der Waals surface area contributed by atoms with Gasteiger partial charge in [-0.3, -0.25) is 0 Å². The molecule has 2 heterocycles. The quantitative estimate of drug-likeness (QED) is 0.179. The lowest BCUT2D eigenvalue weighted by Gasteiger charge is -2.27.